The average molecular weight is 248 g/mol. The summed E-state index contributed by atoms with van der Waals surface area (Å²) in [6.07, 6.45) is 2.37. The summed E-state index contributed by atoms with van der Waals surface area (Å²) in [7, 11) is 0. The molecule has 1 N–H and O–H groups in total. The number of benzene rings is 1. The fourth-order valence-electron chi connectivity index (χ4n) is 2.33. The summed E-state index contributed by atoms with van der Waals surface area (Å²) in [5.74, 6) is 0. The van der Waals surface area contributed by atoms with Crippen LogP contribution in [0.5, 0.6) is 0 Å². The van der Waals surface area contributed by atoms with Gasteiger partial charge >= 0.3 is 0 Å². The molecule has 1 atom stereocenters. The smallest absolute Gasteiger partial charge is 0.0414 e. The largest absolute Gasteiger partial charge is 0.372 e. The van der Waals surface area contributed by atoms with E-state index < -0.39 is 0 Å². The maximum Gasteiger partial charge on any atom is 0.0414 e. The van der Waals surface area contributed by atoms with E-state index in [1.807, 2.05) is 0 Å². The highest BCUT2D eigenvalue weighted by molar-refractivity contribution is 5.54. The summed E-state index contributed by atoms with van der Waals surface area (Å²) in [6, 6.07) is 9.21. The van der Waals surface area contributed by atoms with Crippen molar-refractivity contribution in [3.63, 3.8) is 0 Å². The summed E-state index contributed by atoms with van der Waals surface area (Å²) >= 11 is 0. The Bertz CT molecular complexity index is 336. The van der Waals surface area contributed by atoms with Gasteiger partial charge in [0.2, 0.25) is 0 Å². The highest BCUT2D eigenvalue weighted by Crippen LogP contribution is 2.26. The zero-order chi connectivity index (χ0) is 13.4. The topological polar surface area (TPSA) is 15.3 Å². The second-order valence-corrected chi connectivity index (χ2v) is 4.81. The predicted octanol–water partition coefficient (Wildman–Crippen LogP) is 3.98. The Kier molecular flexibility index (Phi) is 6.81. The second-order valence-electron chi connectivity index (χ2n) is 4.81. The van der Waals surface area contributed by atoms with Crippen LogP contribution in [0.25, 0.3) is 0 Å². The summed E-state index contributed by atoms with van der Waals surface area (Å²) in [6.45, 7) is 12.2. The van der Waals surface area contributed by atoms with Crippen LogP contribution in [-0.2, 0) is 0 Å². The number of para-hydroxylation sites is 1. The average Bonchev–Trinajstić information content (AvgIpc) is 2.42. The molecule has 0 fully saturated rings. The number of hydrogen-bond acceptors (Lipinski definition) is 2. The van der Waals surface area contributed by atoms with Crippen molar-refractivity contribution in [1.82, 2.24) is 5.32 Å². The van der Waals surface area contributed by atoms with Crippen LogP contribution in [0.3, 0.4) is 0 Å². The molecule has 18 heavy (non-hydrogen) atoms. The van der Waals surface area contributed by atoms with Gasteiger partial charge in [-0.15, -0.1) is 0 Å². The summed E-state index contributed by atoms with van der Waals surface area (Å²) in [4.78, 5) is 2.47. The Labute approximate surface area is 112 Å². The fraction of sp³-hybridized carbons (Fsp3) is 0.625. The first-order valence-corrected chi connectivity index (χ1v) is 7.31. The van der Waals surface area contributed by atoms with Gasteiger partial charge in [0.05, 0.1) is 0 Å². The molecule has 0 saturated heterocycles. The molecule has 0 aromatic heterocycles. The van der Waals surface area contributed by atoms with E-state index in [9.17, 15) is 0 Å². The summed E-state index contributed by atoms with van der Waals surface area (Å²) in [5.41, 5.74) is 2.80. The minimum atomic E-state index is 0.423. The molecular formula is C16H28N2. The van der Waals surface area contributed by atoms with E-state index in [0.29, 0.717) is 6.04 Å². The number of nitrogens with one attached hydrogen (secondary N) is 1. The van der Waals surface area contributed by atoms with Crippen LogP contribution in [0.2, 0.25) is 0 Å². The van der Waals surface area contributed by atoms with Crippen molar-refractivity contribution in [2.24, 2.45) is 0 Å². The van der Waals surface area contributed by atoms with Crippen LogP contribution in [0.15, 0.2) is 24.3 Å². The van der Waals surface area contributed by atoms with Crippen molar-refractivity contribution in [1.29, 1.82) is 0 Å². The first-order valence-electron chi connectivity index (χ1n) is 7.31. The summed E-state index contributed by atoms with van der Waals surface area (Å²) in [5, 5.41) is 3.58. The second kappa shape index (κ2) is 8.15. The van der Waals surface area contributed by atoms with E-state index in [-0.39, 0.29) is 0 Å². The third kappa shape index (κ3) is 4.02. The molecule has 0 bridgehead atoms. The standard InChI is InChI=1S/C16H28N2/c1-5-12-17-14(4)15-10-8-9-11-16(15)18(7-3)13-6-2/h8-11,14,17H,5-7,12-13H2,1-4H3. The quantitative estimate of drug-likeness (QED) is 0.748. The fourth-order valence-corrected chi connectivity index (χ4v) is 2.33. The van der Waals surface area contributed by atoms with Crippen LogP contribution >= 0.6 is 0 Å². The van der Waals surface area contributed by atoms with Crippen LogP contribution in [0.4, 0.5) is 5.69 Å². The van der Waals surface area contributed by atoms with Gasteiger partial charge in [-0.2, -0.15) is 0 Å². The first-order chi connectivity index (χ1) is 8.74. The van der Waals surface area contributed by atoms with Crippen molar-refractivity contribution in [2.75, 3.05) is 24.5 Å². The zero-order valence-corrected chi connectivity index (χ0v) is 12.4. The molecule has 2 heteroatoms. The highest BCUT2D eigenvalue weighted by Gasteiger charge is 2.13. The molecule has 0 heterocycles. The molecular weight excluding hydrogens is 220 g/mol. The lowest BCUT2D eigenvalue weighted by atomic mass is 10.0. The Morgan fingerprint density at radius 2 is 1.83 bits per heavy atom. The molecule has 0 spiro atoms. The molecule has 0 amide bonds. The Morgan fingerprint density at radius 3 is 2.44 bits per heavy atom. The Balaban J connectivity index is 2.89. The van der Waals surface area contributed by atoms with Crippen molar-refractivity contribution in [2.45, 2.75) is 46.6 Å². The van der Waals surface area contributed by atoms with Crippen LogP contribution < -0.4 is 10.2 Å². The molecule has 0 saturated carbocycles. The monoisotopic (exact) mass is 248 g/mol. The Hall–Kier alpha value is -1.02. The molecule has 1 aromatic carbocycles. The van der Waals surface area contributed by atoms with E-state index in [0.717, 1.165) is 19.6 Å². The maximum atomic E-state index is 3.58. The van der Waals surface area contributed by atoms with Gasteiger partial charge in [-0.1, -0.05) is 32.0 Å². The molecule has 0 aliphatic rings. The van der Waals surface area contributed by atoms with Crippen LogP contribution in [0, 0.1) is 0 Å². The van der Waals surface area contributed by atoms with Crippen molar-refractivity contribution < 1.29 is 0 Å². The molecule has 0 radical (unpaired) electrons. The van der Waals surface area contributed by atoms with E-state index in [1.165, 1.54) is 24.1 Å². The van der Waals surface area contributed by atoms with Gasteiger partial charge in [0.15, 0.2) is 0 Å². The maximum absolute atomic E-state index is 3.58. The molecule has 1 rings (SSSR count). The van der Waals surface area contributed by atoms with E-state index >= 15 is 0 Å². The van der Waals surface area contributed by atoms with Crippen molar-refractivity contribution in [3.8, 4) is 0 Å². The summed E-state index contributed by atoms with van der Waals surface area (Å²) < 4.78 is 0. The van der Waals surface area contributed by atoms with Gasteiger partial charge in [-0.25, -0.2) is 0 Å². The molecule has 102 valence electrons. The molecule has 2 nitrogen and oxygen atoms in total. The highest BCUT2D eigenvalue weighted by atomic mass is 15.1. The van der Waals surface area contributed by atoms with E-state index in [4.69, 9.17) is 0 Å². The van der Waals surface area contributed by atoms with Gasteiger partial charge in [0.1, 0.15) is 0 Å². The zero-order valence-electron chi connectivity index (χ0n) is 12.4. The van der Waals surface area contributed by atoms with E-state index in [2.05, 4.69) is 62.2 Å². The van der Waals surface area contributed by atoms with Gasteiger partial charge < -0.3 is 10.2 Å². The first kappa shape index (κ1) is 15.0. The molecule has 0 aliphatic heterocycles. The van der Waals surface area contributed by atoms with Crippen molar-refractivity contribution >= 4 is 5.69 Å². The van der Waals surface area contributed by atoms with Gasteiger partial charge in [0, 0.05) is 24.8 Å². The van der Waals surface area contributed by atoms with Gasteiger partial charge in [-0.3, -0.25) is 0 Å². The molecule has 1 aromatic rings. The normalized spacial score (nSPS) is 12.4. The van der Waals surface area contributed by atoms with Gasteiger partial charge in [-0.05, 0) is 44.9 Å². The Morgan fingerprint density at radius 1 is 1.11 bits per heavy atom. The predicted molar refractivity (Wildman–Crippen MR) is 81.3 cm³/mol. The lowest BCUT2D eigenvalue weighted by molar-refractivity contribution is 0.569. The third-order valence-electron chi connectivity index (χ3n) is 3.32. The molecule has 1 unspecified atom stereocenters. The lowest BCUT2D eigenvalue weighted by Gasteiger charge is -2.27. The number of hydrogen-bond donors (Lipinski definition) is 1. The third-order valence-corrected chi connectivity index (χ3v) is 3.32. The number of anilines is 1. The van der Waals surface area contributed by atoms with E-state index in [1.54, 1.807) is 0 Å². The lowest BCUT2D eigenvalue weighted by Crippen LogP contribution is -2.27. The number of rotatable bonds is 8. The number of nitrogens with zero attached hydrogens (tertiary/aromatic N) is 1. The minimum Gasteiger partial charge on any atom is -0.372 e. The SMILES string of the molecule is CCCNC(C)c1ccccc1N(CC)CCC. The molecule has 0 aliphatic carbocycles. The van der Waals surface area contributed by atoms with Crippen LogP contribution in [0.1, 0.15) is 52.1 Å². The van der Waals surface area contributed by atoms with Crippen molar-refractivity contribution in [3.05, 3.63) is 29.8 Å². The minimum absolute atomic E-state index is 0.423. The van der Waals surface area contributed by atoms with Gasteiger partial charge in [0.25, 0.3) is 0 Å². The van der Waals surface area contributed by atoms with Crippen LogP contribution in [-0.4, -0.2) is 19.6 Å².